The Morgan fingerprint density at radius 1 is 1.31 bits per heavy atom. The van der Waals surface area contributed by atoms with E-state index in [0.29, 0.717) is 5.57 Å². The summed E-state index contributed by atoms with van der Waals surface area (Å²) in [5.41, 5.74) is 15.7. The third-order valence-electron chi connectivity index (χ3n) is 1.30. The third kappa shape index (κ3) is 3.90. The Labute approximate surface area is 76.2 Å². The van der Waals surface area contributed by atoms with Crippen LogP contribution in [0.25, 0.3) is 0 Å². The highest BCUT2D eigenvalue weighted by Crippen LogP contribution is 2.07. The lowest BCUT2D eigenvalue weighted by Gasteiger charge is -1.98. The zero-order chi connectivity index (χ0) is 10.4. The van der Waals surface area contributed by atoms with Crippen molar-refractivity contribution in [1.82, 2.24) is 0 Å². The Morgan fingerprint density at radius 2 is 1.85 bits per heavy atom. The van der Waals surface area contributed by atoms with Gasteiger partial charge in [-0.2, -0.15) is 4.99 Å². The van der Waals surface area contributed by atoms with E-state index in [0.717, 1.165) is 6.34 Å². The molecule has 0 aromatic carbocycles. The van der Waals surface area contributed by atoms with E-state index in [-0.39, 0.29) is 17.6 Å². The molecule has 0 aliphatic rings. The van der Waals surface area contributed by atoms with Crippen LogP contribution in [0.3, 0.4) is 0 Å². The maximum atomic E-state index is 10.9. The molecule has 0 aromatic heterocycles. The van der Waals surface area contributed by atoms with Gasteiger partial charge in [0.15, 0.2) is 17.6 Å². The number of carbonyl (C=O) groups is 1. The average Bonchev–Trinajstić information content (AvgIpc) is 2.01. The molecular formula is C7H13N5O. The van der Waals surface area contributed by atoms with Crippen LogP contribution < -0.4 is 17.2 Å². The van der Waals surface area contributed by atoms with E-state index < -0.39 is 0 Å². The molecule has 0 saturated heterocycles. The van der Waals surface area contributed by atoms with Gasteiger partial charge in [0.2, 0.25) is 0 Å². The average molecular weight is 183 g/mol. The van der Waals surface area contributed by atoms with E-state index >= 15 is 0 Å². The second-order valence-electron chi connectivity index (χ2n) is 2.32. The molecule has 0 heterocycles. The standard InChI is InChI=1S/C7H13N5O/c1-4(5(2)13)6(11-3-8)12-7(9)10/h3H,1-2H3,(H2,8,11)(H4,9,10,12)/b6-4-. The van der Waals surface area contributed by atoms with Crippen LogP contribution in [0.5, 0.6) is 0 Å². The normalized spacial score (nSPS) is 12.5. The molecule has 0 spiro atoms. The lowest BCUT2D eigenvalue weighted by molar-refractivity contribution is -0.113. The van der Waals surface area contributed by atoms with Crippen molar-refractivity contribution >= 4 is 18.1 Å². The van der Waals surface area contributed by atoms with Gasteiger partial charge in [-0.3, -0.25) is 4.79 Å². The summed E-state index contributed by atoms with van der Waals surface area (Å²) >= 11 is 0. The smallest absolute Gasteiger partial charge is 0.192 e. The summed E-state index contributed by atoms with van der Waals surface area (Å²) in [5, 5.41) is 0. The van der Waals surface area contributed by atoms with Crippen LogP contribution >= 0.6 is 0 Å². The number of hydrogen-bond donors (Lipinski definition) is 3. The SMILES string of the molecule is CC(=O)/C(C)=C(/N=CN)N=C(N)N. The van der Waals surface area contributed by atoms with Gasteiger partial charge in [0.25, 0.3) is 0 Å². The van der Waals surface area contributed by atoms with Crippen molar-refractivity contribution in [1.29, 1.82) is 0 Å². The number of Topliss-reactive ketones (excluding diaryl/α,β-unsaturated/α-hetero) is 1. The number of guanidine groups is 1. The second kappa shape index (κ2) is 4.91. The van der Waals surface area contributed by atoms with E-state index in [1.54, 1.807) is 6.92 Å². The molecule has 0 aromatic rings. The number of aliphatic imine (C=N–C) groups is 2. The highest BCUT2D eigenvalue weighted by molar-refractivity contribution is 5.94. The zero-order valence-electron chi connectivity index (χ0n) is 7.61. The molecule has 0 radical (unpaired) electrons. The summed E-state index contributed by atoms with van der Waals surface area (Å²) in [6, 6.07) is 0. The van der Waals surface area contributed by atoms with Crippen molar-refractivity contribution in [2.24, 2.45) is 27.2 Å². The fraction of sp³-hybridized carbons (Fsp3) is 0.286. The highest BCUT2D eigenvalue weighted by Gasteiger charge is 2.04. The number of allylic oxidation sites excluding steroid dienone is 1. The third-order valence-corrected chi connectivity index (χ3v) is 1.30. The van der Waals surface area contributed by atoms with Crippen molar-refractivity contribution in [3.05, 3.63) is 11.4 Å². The zero-order valence-corrected chi connectivity index (χ0v) is 7.61. The van der Waals surface area contributed by atoms with Crippen molar-refractivity contribution in [3.63, 3.8) is 0 Å². The molecule has 0 atom stereocenters. The van der Waals surface area contributed by atoms with Gasteiger partial charge in [-0.15, -0.1) is 0 Å². The molecule has 72 valence electrons. The number of nitrogens with zero attached hydrogens (tertiary/aromatic N) is 2. The molecule has 0 unspecified atom stereocenters. The molecular weight excluding hydrogens is 170 g/mol. The summed E-state index contributed by atoms with van der Waals surface area (Å²) in [5.74, 6) is -0.193. The topological polar surface area (TPSA) is 120 Å². The molecule has 0 amide bonds. The number of nitrogens with two attached hydrogens (primary N) is 3. The summed E-state index contributed by atoms with van der Waals surface area (Å²) in [7, 11) is 0. The summed E-state index contributed by atoms with van der Waals surface area (Å²) in [6.07, 6.45) is 1.02. The van der Waals surface area contributed by atoms with Crippen LogP contribution in [0, 0.1) is 0 Å². The fourth-order valence-corrected chi connectivity index (χ4v) is 0.560. The van der Waals surface area contributed by atoms with E-state index in [1.807, 2.05) is 0 Å². The first-order valence-corrected chi connectivity index (χ1v) is 3.54. The largest absolute Gasteiger partial charge is 0.390 e. The molecule has 6 N–H and O–H groups in total. The monoisotopic (exact) mass is 183 g/mol. The Morgan fingerprint density at radius 3 is 2.15 bits per heavy atom. The lowest BCUT2D eigenvalue weighted by atomic mass is 10.2. The molecule has 0 aliphatic heterocycles. The van der Waals surface area contributed by atoms with Crippen molar-refractivity contribution in [2.75, 3.05) is 0 Å². The second-order valence-corrected chi connectivity index (χ2v) is 2.32. The predicted molar refractivity (Wildman–Crippen MR) is 51.9 cm³/mol. The van der Waals surface area contributed by atoms with Crippen LogP contribution in [0.2, 0.25) is 0 Å². The fourth-order valence-electron chi connectivity index (χ4n) is 0.560. The van der Waals surface area contributed by atoms with Gasteiger partial charge < -0.3 is 17.2 Å². The van der Waals surface area contributed by atoms with Crippen LogP contribution in [0.1, 0.15) is 13.8 Å². The van der Waals surface area contributed by atoms with Crippen molar-refractivity contribution in [3.8, 4) is 0 Å². The predicted octanol–water partition coefficient (Wildman–Crippen LogP) is -0.933. The molecule has 6 heteroatoms. The van der Waals surface area contributed by atoms with Gasteiger partial charge in [0, 0.05) is 5.57 Å². The van der Waals surface area contributed by atoms with Crippen LogP contribution in [-0.2, 0) is 4.79 Å². The minimum absolute atomic E-state index is 0.134. The molecule has 0 fully saturated rings. The molecule has 0 bridgehead atoms. The van der Waals surface area contributed by atoms with Gasteiger partial charge in [0.05, 0.1) is 6.34 Å². The van der Waals surface area contributed by atoms with E-state index in [1.165, 1.54) is 6.92 Å². The maximum Gasteiger partial charge on any atom is 0.192 e. The van der Waals surface area contributed by atoms with Gasteiger partial charge in [0.1, 0.15) is 0 Å². The quantitative estimate of drug-likeness (QED) is 0.297. The van der Waals surface area contributed by atoms with Crippen molar-refractivity contribution < 1.29 is 4.79 Å². The Kier molecular flexibility index (Phi) is 4.21. The Balaban J connectivity index is 5.12. The van der Waals surface area contributed by atoms with E-state index in [4.69, 9.17) is 17.2 Å². The summed E-state index contributed by atoms with van der Waals surface area (Å²) in [4.78, 5) is 18.2. The van der Waals surface area contributed by atoms with Crippen LogP contribution in [0.4, 0.5) is 0 Å². The Hall–Kier alpha value is -1.85. The maximum absolute atomic E-state index is 10.9. The first kappa shape index (κ1) is 11.2. The van der Waals surface area contributed by atoms with E-state index in [2.05, 4.69) is 9.98 Å². The number of ketones is 1. The first-order chi connectivity index (χ1) is 5.99. The van der Waals surface area contributed by atoms with Gasteiger partial charge in [-0.1, -0.05) is 0 Å². The van der Waals surface area contributed by atoms with Crippen LogP contribution in [0.15, 0.2) is 21.4 Å². The number of hydrogen-bond acceptors (Lipinski definition) is 3. The molecule has 0 saturated carbocycles. The molecule has 13 heavy (non-hydrogen) atoms. The Bertz CT molecular complexity index is 285. The van der Waals surface area contributed by atoms with Gasteiger partial charge >= 0.3 is 0 Å². The number of rotatable bonds is 3. The van der Waals surface area contributed by atoms with Crippen molar-refractivity contribution in [2.45, 2.75) is 13.8 Å². The number of carbonyl (C=O) groups excluding carboxylic acids is 1. The highest BCUT2D eigenvalue weighted by atomic mass is 16.1. The molecule has 0 rings (SSSR count). The molecule has 6 nitrogen and oxygen atoms in total. The lowest BCUT2D eigenvalue weighted by Crippen LogP contribution is -2.22. The van der Waals surface area contributed by atoms with E-state index in [9.17, 15) is 4.79 Å². The summed E-state index contributed by atoms with van der Waals surface area (Å²) in [6.45, 7) is 2.96. The minimum Gasteiger partial charge on any atom is -0.390 e. The minimum atomic E-state index is -0.166. The van der Waals surface area contributed by atoms with Gasteiger partial charge in [-0.05, 0) is 13.8 Å². The summed E-state index contributed by atoms with van der Waals surface area (Å²) < 4.78 is 0. The molecule has 0 aliphatic carbocycles. The first-order valence-electron chi connectivity index (χ1n) is 3.54. The van der Waals surface area contributed by atoms with Crippen LogP contribution in [-0.4, -0.2) is 18.1 Å². The van der Waals surface area contributed by atoms with Gasteiger partial charge in [-0.25, -0.2) is 4.99 Å².